The van der Waals surface area contributed by atoms with E-state index >= 15 is 0 Å². The average molecular weight is 401 g/mol. The highest BCUT2D eigenvalue weighted by Gasteiger charge is 2.10. The lowest BCUT2D eigenvalue weighted by Crippen LogP contribution is -2.29. The van der Waals surface area contributed by atoms with Crippen molar-refractivity contribution in [3.8, 4) is 5.69 Å². The van der Waals surface area contributed by atoms with Gasteiger partial charge in [0.25, 0.3) is 5.91 Å². The third-order valence-electron chi connectivity index (χ3n) is 4.02. The minimum Gasteiger partial charge on any atom is -0.368 e. The summed E-state index contributed by atoms with van der Waals surface area (Å²) in [6.07, 6.45) is 4.59. The summed E-state index contributed by atoms with van der Waals surface area (Å²) in [5.74, 6) is 1.65. The van der Waals surface area contributed by atoms with Crippen molar-refractivity contribution in [3.63, 3.8) is 0 Å². The summed E-state index contributed by atoms with van der Waals surface area (Å²) >= 11 is 0. The van der Waals surface area contributed by atoms with Crippen molar-refractivity contribution in [1.82, 2.24) is 35.3 Å². The average Bonchev–Trinajstić information content (AvgIpc) is 3.29. The maximum absolute atomic E-state index is 12.3. The zero-order chi connectivity index (χ0) is 20.6. The second-order valence-corrected chi connectivity index (χ2v) is 6.17. The summed E-state index contributed by atoms with van der Waals surface area (Å²) in [4.78, 5) is 26.2. The van der Waals surface area contributed by atoms with E-state index in [0.717, 1.165) is 5.69 Å². The summed E-state index contributed by atoms with van der Waals surface area (Å²) in [6, 6.07) is 16.7. The largest absolute Gasteiger partial charge is 0.368 e. The number of amides is 1. The second kappa shape index (κ2) is 9.24. The molecule has 3 heterocycles. The van der Waals surface area contributed by atoms with Crippen molar-refractivity contribution in [3.05, 3.63) is 79.0 Å². The monoisotopic (exact) mass is 401 g/mol. The molecule has 0 saturated heterocycles. The van der Waals surface area contributed by atoms with E-state index in [1.165, 1.54) is 17.3 Å². The molecular formula is C20H19N9O. The molecule has 4 rings (SSSR count). The smallest absolute Gasteiger partial charge is 0.273 e. The van der Waals surface area contributed by atoms with E-state index in [1.54, 1.807) is 12.3 Å². The number of pyridine rings is 1. The van der Waals surface area contributed by atoms with Gasteiger partial charge in [0.15, 0.2) is 5.69 Å². The number of hydrogen-bond donors (Lipinski definition) is 3. The van der Waals surface area contributed by atoms with Gasteiger partial charge in [-0.2, -0.15) is 9.90 Å². The number of carbonyl (C=O) groups excluding carboxylic acids is 1. The van der Waals surface area contributed by atoms with Crippen LogP contribution in [0, 0.1) is 0 Å². The van der Waals surface area contributed by atoms with E-state index in [9.17, 15) is 4.79 Å². The highest BCUT2D eigenvalue weighted by molar-refractivity contribution is 5.91. The van der Waals surface area contributed by atoms with Crippen molar-refractivity contribution in [1.29, 1.82) is 0 Å². The zero-order valence-electron chi connectivity index (χ0n) is 15.9. The molecule has 10 heteroatoms. The Morgan fingerprint density at radius 2 is 1.73 bits per heavy atom. The van der Waals surface area contributed by atoms with E-state index in [2.05, 4.69) is 41.1 Å². The first-order valence-corrected chi connectivity index (χ1v) is 9.28. The normalized spacial score (nSPS) is 10.4. The van der Waals surface area contributed by atoms with Crippen LogP contribution < -0.4 is 16.0 Å². The van der Waals surface area contributed by atoms with Gasteiger partial charge in [-0.15, -0.1) is 5.10 Å². The summed E-state index contributed by atoms with van der Waals surface area (Å²) in [5, 5.41) is 17.4. The van der Waals surface area contributed by atoms with Crippen LogP contribution >= 0.6 is 0 Å². The lowest BCUT2D eigenvalue weighted by atomic mass is 10.3. The lowest BCUT2D eigenvalue weighted by Gasteiger charge is -2.08. The van der Waals surface area contributed by atoms with Crippen LogP contribution in [0.2, 0.25) is 0 Å². The number of carbonyl (C=O) groups is 1. The molecule has 0 radical (unpaired) electrons. The van der Waals surface area contributed by atoms with Gasteiger partial charge in [-0.1, -0.05) is 24.3 Å². The lowest BCUT2D eigenvalue weighted by molar-refractivity contribution is 0.0950. The van der Waals surface area contributed by atoms with Crippen LogP contribution in [0.3, 0.4) is 0 Å². The molecule has 0 saturated carbocycles. The summed E-state index contributed by atoms with van der Waals surface area (Å²) < 4.78 is 0. The molecule has 0 aliphatic heterocycles. The molecule has 3 aromatic heterocycles. The van der Waals surface area contributed by atoms with Crippen molar-refractivity contribution in [2.75, 3.05) is 23.7 Å². The van der Waals surface area contributed by atoms with E-state index in [0.29, 0.717) is 30.5 Å². The van der Waals surface area contributed by atoms with Crippen LogP contribution in [0.1, 0.15) is 10.5 Å². The molecule has 30 heavy (non-hydrogen) atoms. The molecule has 3 N–H and O–H groups in total. The number of nitrogens with zero attached hydrogens (tertiary/aromatic N) is 6. The molecule has 4 aromatic rings. The third kappa shape index (κ3) is 4.93. The van der Waals surface area contributed by atoms with Crippen LogP contribution in [0.15, 0.2) is 73.3 Å². The minimum absolute atomic E-state index is 0.253. The van der Waals surface area contributed by atoms with Gasteiger partial charge < -0.3 is 16.0 Å². The molecule has 0 aliphatic carbocycles. The molecule has 0 unspecified atom stereocenters. The predicted molar refractivity (Wildman–Crippen MR) is 112 cm³/mol. The van der Waals surface area contributed by atoms with E-state index < -0.39 is 0 Å². The maximum atomic E-state index is 12.3. The Morgan fingerprint density at radius 1 is 0.900 bits per heavy atom. The van der Waals surface area contributed by atoms with Crippen molar-refractivity contribution in [2.45, 2.75) is 0 Å². The van der Waals surface area contributed by atoms with Gasteiger partial charge in [-0.3, -0.25) is 4.79 Å². The Labute approximate surface area is 172 Å². The van der Waals surface area contributed by atoms with Crippen LogP contribution in [-0.2, 0) is 0 Å². The Hall–Kier alpha value is -4.34. The first-order chi connectivity index (χ1) is 14.8. The fourth-order valence-corrected chi connectivity index (χ4v) is 2.60. The fourth-order valence-electron chi connectivity index (χ4n) is 2.60. The number of hydrogen-bond acceptors (Lipinski definition) is 8. The summed E-state index contributed by atoms with van der Waals surface area (Å²) in [5.41, 5.74) is 1.04. The highest BCUT2D eigenvalue weighted by atomic mass is 16.2. The first kappa shape index (κ1) is 19.0. The summed E-state index contributed by atoms with van der Waals surface area (Å²) in [6.45, 7) is 0.878. The van der Waals surface area contributed by atoms with Gasteiger partial charge in [-0.05, 0) is 24.3 Å². The number of aromatic nitrogens is 6. The second-order valence-electron chi connectivity index (χ2n) is 6.17. The minimum atomic E-state index is -0.292. The molecule has 1 aromatic carbocycles. The number of nitrogens with one attached hydrogen (secondary N) is 3. The summed E-state index contributed by atoms with van der Waals surface area (Å²) in [7, 11) is 0. The number of anilines is 3. The Morgan fingerprint density at radius 3 is 2.57 bits per heavy atom. The molecule has 10 nitrogen and oxygen atoms in total. The van der Waals surface area contributed by atoms with Crippen LogP contribution in [-0.4, -0.2) is 48.9 Å². The van der Waals surface area contributed by atoms with E-state index in [1.807, 2.05) is 48.5 Å². The Bertz CT molecular complexity index is 1100. The predicted octanol–water partition coefficient (Wildman–Crippen LogP) is 2.04. The molecule has 150 valence electrons. The Balaban J connectivity index is 1.26. The van der Waals surface area contributed by atoms with Crippen molar-refractivity contribution >= 4 is 23.4 Å². The van der Waals surface area contributed by atoms with Gasteiger partial charge in [-0.25, -0.2) is 15.0 Å². The molecule has 0 bridgehead atoms. The van der Waals surface area contributed by atoms with Crippen LogP contribution in [0.4, 0.5) is 17.5 Å². The molecule has 0 aliphatic rings. The number of rotatable bonds is 8. The van der Waals surface area contributed by atoms with Gasteiger partial charge in [0.05, 0.1) is 11.9 Å². The van der Waals surface area contributed by atoms with Crippen molar-refractivity contribution in [2.24, 2.45) is 0 Å². The third-order valence-corrected chi connectivity index (χ3v) is 4.02. The number of benzene rings is 1. The van der Waals surface area contributed by atoms with E-state index in [4.69, 9.17) is 0 Å². The number of para-hydroxylation sites is 1. The van der Waals surface area contributed by atoms with Gasteiger partial charge >= 0.3 is 0 Å². The molecule has 0 fully saturated rings. The van der Waals surface area contributed by atoms with E-state index in [-0.39, 0.29) is 11.6 Å². The SMILES string of the molecule is O=C(NCCNc1cc(Nc2ccccn2)ncn1)c1cnn(-c2ccccc2)n1. The zero-order valence-corrected chi connectivity index (χ0v) is 15.9. The van der Waals surface area contributed by atoms with Gasteiger partial charge in [0.2, 0.25) is 0 Å². The topological polar surface area (TPSA) is 123 Å². The molecular weight excluding hydrogens is 382 g/mol. The van der Waals surface area contributed by atoms with Crippen molar-refractivity contribution < 1.29 is 4.79 Å². The molecule has 0 spiro atoms. The van der Waals surface area contributed by atoms with Crippen LogP contribution in [0.5, 0.6) is 0 Å². The maximum Gasteiger partial charge on any atom is 0.273 e. The van der Waals surface area contributed by atoms with Gasteiger partial charge in [0, 0.05) is 25.4 Å². The molecule has 0 atom stereocenters. The fraction of sp³-hybridized carbons (Fsp3) is 0.100. The molecule has 1 amide bonds. The highest BCUT2D eigenvalue weighted by Crippen LogP contribution is 2.13. The first-order valence-electron chi connectivity index (χ1n) is 9.28. The van der Waals surface area contributed by atoms with Gasteiger partial charge in [0.1, 0.15) is 23.8 Å². The quantitative estimate of drug-likeness (QED) is 0.383. The van der Waals surface area contributed by atoms with Crippen LogP contribution in [0.25, 0.3) is 5.69 Å². The standard InChI is InChI=1S/C20H19N9O/c30-20(16-13-26-29(28-16)15-6-2-1-3-7-15)23-11-10-22-18-12-19(25-14-24-18)27-17-8-4-5-9-21-17/h1-9,12-14H,10-11H2,(H,23,30)(H2,21,22,24,25,27). The Kier molecular flexibility index (Phi) is 5.85.